The summed E-state index contributed by atoms with van der Waals surface area (Å²) in [5.74, 6) is -0.250. The zero-order chi connectivity index (χ0) is 62.3. The maximum atomic E-state index is 13.3. The zero-order valence-electron chi connectivity index (χ0n) is 55.1. The van der Waals surface area contributed by atoms with Gasteiger partial charge in [0.2, 0.25) is 5.91 Å². The van der Waals surface area contributed by atoms with Gasteiger partial charge in [0, 0.05) is 6.42 Å². The number of nitrogens with one attached hydrogen (secondary N) is 1. The van der Waals surface area contributed by atoms with Gasteiger partial charge in [0.15, 0.2) is 12.6 Å². The van der Waals surface area contributed by atoms with E-state index in [4.69, 9.17) is 18.9 Å². The molecule has 2 saturated heterocycles. The number of amides is 1. The van der Waals surface area contributed by atoms with E-state index < -0.39 is 86.8 Å². The summed E-state index contributed by atoms with van der Waals surface area (Å²) in [4.78, 5) is 13.3. The minimum Gasteiger partial charge on any atom is -0.394 e. The first-order chi connectivity index (χ1) is 42.1. The Kier molecular flexibility index (Phi) is 53.4. The average molecular weight is 1220 g/mol. The Labute approximate surface area is 525 Å². The topological polar surface area (TPSA) is 228 Å². The van der Waals surface area contributed by atoms with Crippen LogP contribution in [0.2, 0.25) is 0 Å². The normalized spacial score (nSPS) is 23.6. The first-order valence-corrected chi connectivity index (χ1v) is 36.2. The number of aliphatic hydroxyl groups is 8. The van der Waals surface area contributed by atoms with Gasteiger partial charge in [-0.3, -0.25) is 4.79 Å². The SMILES string of the molecule is CCC/C=C/CC/C=C/CC/C=C/C(O)C(COC1OC(CO)C(OC2OC(CO)C(O)C(O)C2O)C(O)C1O)NC(=O)CCCCCCCCCCCCCCCCCCCCCCCCCCCCCCCCCCCCCCCCCCC. The fraction of sp³-hybridized carbons (Fsp3) is 0.903. The summed E-state index contributed by atoms with van der Waals surface area (Å²) < 4.78 is 22.7. The van der Waals surface area contributed by atoms with Gasteiger partial charge in [0.05, 0.1) is 32.0 Å². The van der Waals surface area contributed by atoms with Gasteiger partial charge < -0.3 is 65.1 Å². The largest absolute Gasteiger partial charge is 0.394 e. The monoisotopic (exact) mass is 1220 g/mol. The average Bonchev–Trinajstić information content (AvgIpc) is 2.16. The van der Waals surface area contributed by atoms with Gasteiger partial charge in [-0.25, -0.2) is 0 Å². The van der Waals surface area contributed by atoms with E-state index in [0.29, 0.717) is 12.8 Å². The first kappa shape index (κ1) is 80.3. The molecule has 2 aliphatic rings. The molecule has 0 saturated carbocycles. The van der Waals surface area contributed by atoms with E-state index in [1.807, 2.05) is 6.08 Å². The van der Waals surface area contributed by atoms with Crippen LogP contribution in [-0.2, 0) is 23.7 Å². The molecule has 2 fully saturated rings. The van der Waals surface area contributed by atoms with Gasteiger partial charge >= 0.3 is 0 Å². The summed E-state index contributed by atoms with van der Waals surface area (Å²) in [7, 11) is 0. The van der Waals surface area contributed by atoms with Crippen molar-refractivity contribution in [1.82, 2.24) is 5.32 Å². The van der Waals surface area contributed by atoms with Crippen molar-refractivity contribution in [2.45, 2.75) is 396 Å². The number of hydrogen-bond donors (Lipinski definition) is 9. The van der Waals surface area contributed by atoms with Gasteiger partial charge in [-0.2, -0.15) is 0 Å². The summed E-state index contributed by atoms with van der Waals surface area (Å²) in [5.41, 5.74) is 0. The number of ether oxygens (including phenoxy) is 4. The third-order valence-electron chi connectivity index (χ3n) is 17.8. The number of carbonyl (C=O) groups excluding carboxylic acids is 1. The zero-order valence-corrected chi connectivity index (χ0v) is 55.1. The molecule has 0 bridgehead atoms. The molecule has 0 spiro atoms. The molecule has 86 heavy (non-hydrogen) atoms. The van der Waals surface area contributed by atoms with Crippen LogP contribution < -0.4 is 5.32 Å². The highest BCUT2D eigenvalue weighted by molar-refractivity contribution is 5.76. The van der Waals surface area contributed by atoms with Crippen molar-refractivity contribution in [2.24, 2.45) is 0 Å². The van der Waals surface area contributed by atoms with Crippen molar-refractivity contribution in [2.75, 3.05) is 19.8 Å². The van der Waals surface area contributed by atoms with Crippen LogP contribution >= 0.6 is 0 Å². The predicted octanol–water partition coefficient (Wildman–Crippen LogP) is 14.9. The van der Waals surface area contributed by atoms with E-state index in [0.717, 1.165) is 51.4 Å². The Morgan fingerprint density at radius 1 is 0.407 bits per heavy atom. The molecule has 2 rings (SSSR count). The highest BCUT2D eigenvalue weighted by atomic mass is 16.7. The summed E-state index contributed by atoms with van der Waals surface area (Å²) in [6.45, 7) is 2.72. The van der Waals surface area contributed by atoms with Crippen molar-refractivity contribution in [3.63, 3.8) is 0 Å². The molecule has 0 aromatic carbocycles. The molecule has 1 amide bonds. The maximum Gasteiger partial charge on any atom is 0.220 e. The Balaban J connectivity index is 1.50. The lowest BCUT2D eigenvalue weighted by molar-refractivity contribution is -0.359. The van der Waals surface area contributed by atoms with E-state index >= 15 is 0 Å². The molecule has 14 heteroatoms. The summed E-state index contributed by atoms with van der Waals surface area (Å²) in [6.07, 6.45) is 57.1. The van der Waals surface area contributed by atoms with E-state index in [1.54, 1.807) is 6.08 Å². The highest BCUT2D eigenvalue weighted by Gasteiger charge is 2.51. The van der Waals surface area contributed by atoms with Crippen LogP contribution in [0.25, 0.3) is 0 Å². The summed E-state index contributed by atoms with van der Waals surface area (Å²) in [5, 5.41) is 87.0. The Hall–Kier alpha value is -1.79. The van der Waals surface area contributed by atoms with Crippen molar-refractivity contribution in [3.8, 4) is 0 Å². The lowest BCUT2D eigenvalue weighted by Gasteiger charge is -2.46. The quantitative estimate of drug-likeness (QED) is 0.0204. The van der Waals surface area contributed by atoms with Gasteiger partial charge in [0.1, 0.15) is 48.8 Å². The molecule has 0 aliphatic carbocycles. The number of carbonyl (C=O) groups is 1. The number of allylic oxidation sites excluding steroid dienone is 5. The van der Waals surface area contributed by atoms with Gasteiger partial charge in [-0.05, 0) is 38.5 Å². The molecule has 0 radical (unpaired) electrons. The van der Waals surface area contributed by atoms with Gasteiger partial charge in [0.25, 0.3) is 0 Å². The van der Waals surface area contributed by atoms with Crippen LogP contribution in [0.5, 0.6) is 0 Å². The molecule has 14 nitrogen and oxygen atoms in total. The minimum absolute atomic E-state index is 0.250. The Morgan fingerprint density at radius 2 is 0.744 bits per heavy atom. The van der Waals surface area contributed by atoms with Crippen LogP contribution in [-0.4, -0.2) is 140 Å². The fourth-order valence-corrected chi connectivity index (χ4v) is 12.0. The third kappa shape index (κ3) is 40.8. The third-order valence-corrected chi connectivity index (χ3v) is 17.8. The number of unbranched alkanes of at least 4 members (excludes halogenated alkanes) is 43. The second-order valence-electron chi connectivity index (χ2n) is 25.7. The molecular weight excluding hydrogens is 1090 g/mol. The standard InChI is InChI=1S/C72H135NO13/c1-3-5-7-9-11-13-15-16-17-18-19-20-21-22-23-24-25-26-27-28-29-30-31-32-33-34-35-36-37-38-39-40-41-42-43-44-46-48-50-52-54-56-64(77)73-60(61(76)55-53-51-49-47-45-14-12-10-8-6-4-2)59-83-71-69(82)67(80)70(63(58-75)85-71)86-72-68(81)66(79)65(78)62(57-74)84-72/h8,10,45,47,53,55,60-63,65-72,74-76,78-82H,3-7,9,11-44,46,48-52,54,56-59H2,1-2H3,(H,73,77)/b10-8+,47-45+,55-53+. The highest BCUT2D eigenvalue weighted by Crippen LogP contribution is 2.30. The van der Waals surface area contributed by atoms with Crippen molar-refractivity contribution in [1.29, 1.82) is 0 Å². The molecule has 2 heterocycles. The second kappa shape index (κ2) is 57.1. The number of rotatable bonds is 60. The van der Waals surface area contributed by atoms with Crippen LogP contribution in [0.4, 0.5) is 0 Å². The second-order valence-corrected chi connectivity index (χ2v) is 25.7. The molecule has 0 aromatic rings. The predicted molar refractivity (Wildman–Crippen MR) is 351 cm³/mol. The Bertz CT molecular complexity index is 1580. The van der Waals surface area contributed by atoms with E-state index in [-0.39, 0.29) is 18.9 Å². The van der Waals surface area contributed by atoms with E-state index in [9.17, 15) is 45.6 Å². The van der Waals surface area contributed by atoms with Crippen molar-refractivity contribution < 1.29 is 64.6 Å². The van der Waals surface area contributed by atoms with Crippen LogP contribution in [0, 0.1) is 0 Å². The molecule has 506 valence electrons. The maximum absolute atomic E-state index is 13.3. The molecule has 12 atom stereocenters. The van der Waals surface area contributed by atoms with Gasteiger partial charge in [-0.15, -0.1) is 0 Å². The van der Waals surface area contributed by atoms with Crippen LogP contribution in [0.3, 0.4) is 0 Å². The molecular formula is C72H135NO13. The molecule has 0 aromatic heterocycles. The molecule has 2 aliphatic heterocycles. The molecule has 9 N–H and O–H groups in total. The summed E-state index contributed by atoms with van der Waals surface area (Å²) >= 11 is 0. The smallest absolute Gasteiger partial charge is 0.220 e. The van der Waals surface area contributed by atoms with Crippen molar-refractivity contribution >= 4 is 5.91 Å². The minimum atomic E-state index is -1.79. The summed E-state index contributed by atoms with van der Waals surface area (Å²) in [6, 6.07) is -0.935. The lowest BCUT2D eigenvalue weighted by atomic mass is 9.97. The van der Waals surface area contributed by atoms with Crippen LogP contribution in [0.15, 0.2) is 36.5 Å². The van der Waals surface area contributed by atoms with Crippen molar-refractivity contribution in [3.05, 3.63) is 36.5 Å². The van der Waals surface area contributed by atoms with E-state index in [1.165, 1.54) is 238 Å². The Morgan fingerprint density at radius 3 is 1.12 bits per heavy atom. The first-order valence-electron chi connectivity index (χ1n) is 36.2. The lowest BCUT2D eigenvalue weighted by Crippen LogP contribution is -2.65. The van der Waals surface area contributed by atoms with Gasteiger partial charge in [-0.1, -0.05) is 314 Å². The number of hydrogen-bond acceptors (Lipinski definition) is 13. The molecule has 12 unspecified atom stereocenters. The van der Waals surface area contributed by atoms with E-state index in [2.05, 4.69) is 43.5 Å². The van der Waals surface area contributed by atoms with Crippen LogP contribution in [0.1, 0.15) is 322 Å². The number of aliphatic hydroxyl groups excluding tert-OH is 8. The fourth-order valence-electron chi connectivity index (χ4n) is 12.0.